The van der Waals surface area contributed by atoms with E-state index in [0.29, 0.717) is 22.5 Å². The Balaban J connectivity index is 0.000000422. The first-order valence-electron chi connectivity index (χ1n) is 9.28. The molecule has 0 spiro atoms. The van der Waals surface area contributed by atoms with Gasteiger partial charge in [0.1, 0.15) is 0 Å². The largest absolute Gasteiger partial charge is 2.00 e. The van der Waals surface area contributed by atoms with E-state index in [2.05, 4.69) is 15.0 Å². The first kappa shape index (κ1) is 23.7. The fraction of sp³-hybridized carbons (Fsp3) is 0. The van der Waals surface area contributed by atoms with Crippen molar-refractivity contribution in [1.82, 2.24) is 4.98 Å². The average molecular weight is 459 g/mol. The molecule has 0 unspecified atom stereocenters. The van der Waals surface area contributed by atoms with Crippen LogP contribution in [0.3, 0.4) is 0 Å². The van der Waals surface area contributed by atoms with Gasteiger partial charge in [-0.05, 0) is 35.4 Å². The van der Waals surface area contributed by atoms with Gasteiger partial charge in [-0.15, -0.1) is 11.5 Å². The molecule has 0 amide bonds. The number of pyridine rings is 1. The number of aliphatic imine (C=N–C) groups is 2. The van der Waals surface area contributed by atoms with Crippen molar-refractivity contribution in [1.29, 1.82) is 0 Å². The van der Waals surface area contributed by atoms with Crippen LogP contribution in [-0.4, -0.2) is 17.4 Å². The summed E-state index contributed by atoms with van der Waals surface area (Å²) in [7, 11) is 0. The van der Waals surface area contributed by atoms with Gasteiger partial charge in [-0.1, -0.05) is 66.7 Å². The maximum Gasteiger partial charge on any atom is 2.00 e. The molecular weight excluding hydrogens is 440 g/mol. The normalized spacial score (nSPS) is 10.3. The molecule has 4 aromatic rings. The fourth-order valence-corrected chi connectivity index (χ4v) is 2.45. The number of rotatable bonds is 4. The summed E-state index contributed by atoms with van der Waals surface area (Å²) in [4.78, 5) is 12.5. The van der Waals surface area contributed by atoms with E-state index in [1.54, 1.807) is 60.9 Å². The van der Waals surface area contributed by atoms with Crippen LogP contribution in [0.5, 0.6) is 11.5 Å². The van der Waals surface area contributed by atoms with Crippen molar-refractivity contribution < 1.29 is 29.7 Å². The molecule has 1 aromatic heterocycles. The molecule has 0 atom stereocenters. The van der Waals surface area contributed by atoms with Crippen molar-refractivity contribution in [2.24, 2.45) is 9.98 Å². The number of hydrogen-bond acceptors (Lipinski definition) is 5. The molecule has 0 aliphatic rings. The van der Waals surface area contributed by atoms with Gasteiger partial charge in [0.05, 0.1) is 11.4 Å². The summed E-state index contributed by atoms with van der Waals surface area (Å²) in [5.74, 6) is -0.162. The van der Waals surface area contributed by atoms with Crippen molar-refractivity contribution >= 4 is 23.8 Å². The minimum atomic E-state index is -0.0810. The SMILES string of the molecule is [O-]c1ccccc1C=Nc1ccccc1N=Cc1ccccc1[O-].[Zn+2].c1ccncc1. The maximum atomic E-state index is 11.7. The van der Waals surface area contributed by atoms with Crippen LogP contribution in [0.1, 0.15) is 11.1 Å². The minimum absolute atomic E-state index is 0. The van der Waals surface area contributed by atoms with Gasteiger partial charge in [-0.3, -0.25) is 15.0 Å². The maximum absolute atomic E-state index is 11.7. The van der Waals surface area contributed by atoms with Crippen LogP contribution in [0.15, 0.2) is 113 Å². The monoisotopic (exact) mass is 457 g/mol. The molecule has 0 saturated heterocycles. The Kier molecular flexibility index (Phi) is 9.79. The zero-order valence-corrected chi connectivity index (χ0v) is 19.8. The van der Waals surface area contributed by atoms with E-state index in [9.17, 15) is 10.2 Å². The van der Waals surface area contributed by atoms with Crippen LogP contribution >= 0.6 is 0 Å². The Bertz CT molecular complexity index is 1030. The Labute approximate surface area is 194 Å². The van der Waals surface area contributed by atoms with Crippen LogP contribution in [-0.2, 0) is 19.5 Å². The van der Waals surface area contributed by atoms with E-state index < -0.39 is 0 Å². The van der Waals surface area contributed by atoms with Crippen molar-refractivity contribution in [3.05, 3.63) is 115 Å². The summed E-state index contributed by atoms with van der Waals surface area (Å²) < 4.78 is 0. The molecular formula is C25H19N3O2Zn. The third-order valence-corrected chi connectivity index (χ3v) is 3.97. The van der Waals surface area contributed by atoms with Gasteiger partial charge in [-0.2, -0.15) is 0 Å². The van der Waals surface area contributed by atoms with Gasteiger partial charge in [0.2, 0.25) is 0 Å². The topological polar surface area (TPSA) is 83.7 Å². The molecule has 5 nitrogen and oxygen atoms in total. The summed E-state index contributed by atoms with van der Waals surface area (Å²) in [6.45, 7) is 0. The van der Waals surface area contributed by atoms with Gasteiger partial charge < -0.3 is 10.2 Å². The van der Waals surface area contributed by atoms with Crippen LogP contribution in [0, 0.1) is 0 Å². The molecule has 31 heavy (non-hydrogen) atoms. The second-order valence-electron chi connectivity index (χ2n) is 6.11. The van der Waals surface area contributed by atoms with E-state index in [4.69, 9.17) is 0 Å². The van der Waals surface area contributed by atoms with E-state index in [1.807, 2.05) is 30.3 Å². The van der Waals surface area contributed by atoms with Crippen molar-refractivity contribution in [3.63, 3.8) is 0 Å². The van der Waals surface area contributed by atoms with E-state index in [0.717, 1.165) is 0 Å². The summed E-state index contributed by atoms with van der Waals surface area (Å²) in [6, 6.07) is 26.4. The van der Waals surface area contributed by atoms with E-state index >= 15 is 0 Å². The quantitative estimate of drug-likeness (QED) is 0.335. The fourth-order valence-electron chi connectivity index (χ4n) is 2.45. The first-order chi connectivity index (χ1) is 14.7. The Morgan fingerprint density at radius 2 is 0.968 bits per heavy atom. The number of aromatic nitrogens is 1. The molecule has 0 aliphatic heterocycles. The summed E-state index contributed by atoms with van der Waals surface area (Å²) in [5, 5.41) is 23.4. The molecule has 3 aromatic carbocycles. The molecule has 1 heterocycles. The second kappa shape index (κ2) is 12.8. The van der Waals surface area contributed by atoms with Gasteiger partial charge in [0, 0.05) is 24.8 Å². The first-order valence-corrected chi connectivity index (χ1v) is 9.28. The standard InChI is InChI=1S/C20H16N2O2.C5H5N.Zn/c23-19-11-5-1-7-15(19)13-21-17-9-3-4-10-18(17)22-14-16-8-2-6-12-20(16)24;1-2-4-6-5-3-1;/h1-14,23-24H;1-5H;/q;;+2/p-2. The minimum Gasteiger partial charge on any atom is -0.872 e. The number of hydrogen-bond donors (Lipinski definition) is 0. The molecule has 0 fully saturated rings. The van der Waals surface area contributed by atoms with Gasteiger partial charge in [0.25, 0.3) is 0 Å². The number of nitrogens with zero attached hydrogens (tertiary/aromatic N) is 3. The Morgan fingerprint density at radius 1 is 0.548 bits per heavy atom. The Morgan fingerprint density at radius 3 is 1.32 bits per heavy atom. The van der Waals surface area contributed by atoms with E-state index in [1.165, 1.54) is 24.6 Å². The smallest absolute Gasteiger partial charge is 0.872 e. The average Bonchev–Trinajstić information content (AvgIpc) is 2.80. The van der Waals surface area contributed by atoms with Crippen molar-refractivity contribution in [3.8, 4) is 11.5 Å². The zero-order chi connectivity index (χ0) is 21.0. The molecule has 0 N–H and O–H groups in total. The van der Waals surface area contributed by atoms with Crippen molar-refractivity contribution in [2.45, 2.75) is 0 Å². The molecule has 0 radical (unpaired) electrons. The molecule has 0 aliphatic carbocycles. The summed E-state index contributed by atoms with van der Waals surface area (Å²) in [6.07, 6.45) is 6.55. The van der Waals surface area contributed by atoms with Crippen LogP contribution in [0.2, 0.25) is 0 Å². The second-order valence-corrected chi connectivity index (χ2v) is 6.11. The zero-order valence-electron chi connectivity index (χ0n) is 16.8. The molecule has 0 saturated carbocycles. The third kappa shape index (κ3) is 7.61. The summed E-state index contributed by atoms with van der Waals surface area (Å²) >= 11 is 0. The van der Waals surface area contributed by atoms with E-state index in [-0.39, 0.29) is 31.0 Å². The van der Waals surface area contributed by atoms with Crippen LogP contribution in [0.4, 0.5) is 11.4 Å². The summed E-state index contributed by atoms with van der Waals surface area (Å²) in [5.41, 5.74) is 2.28. The van der Waals surface area contributed by atoms with Gasteiger partial charge in [-0.25, -0.2) is 0 Å². The molecule has 148 valence electrons. The van der Waals surface area contributed by atoms with Gasteiger partial charge in [0.15, 0.2) is 0 Å². The predicted molar refractivity (Wildman–Crippen MR) is 117 cm³/mol. The number of benzene rings is 3. The predicted octanol–water partition coefficient (Wildman–Crippen LogP) is 4.41. The Hall–Kier alpha value is -3.63. The van der Waals surface area contributed by atoms with Crippen LogP contribution in [0.25, 0.3) is 0 Å². The van der Waals surface area contributed by atoms with Crippen LogP contribution < -0.4 is 10.2 Å². The van der Waals surface area contributed by atoms with Gasteiger partial charge >= 0.3 is 19.5 Å². The molecule has 0 bridgehead atoms. The molecule has 4 rings (SSSR count). The van der Waals surface area contributed by atoms with Crippen molar-refractivity contribution in [2.75, 3.05) is 0 Å². The number of para-hydroxylation sites is 4. The third-order valence-electron chi connectivity index (χ3n) is 3.97. The molecule has 6 heteroatoms.